The van der Waals surface area contributed by atoms with Gasteiger partial charge < -0.3 is 9.30 Å². The highest BCUT2D eigenvalue weighted by atomic mass is 31.1. The van der Waals surface area contributed by atoms with Gasteiger partial charge in [0.2, 0.25) is 0 Å². The molecule has 0 saturated carbocycles. The third-order valence-electron chi connectivity index (χ3n) is 5.21. The molecule has 1 aliphatic rings. The van der Waals surface area contributed by atoms with Gasteiger partial charge in [-0.15, -0.1) is 0 Å². The van der Waals surface area contributed by atoms with Crippen LogP contribution in [0.2, 0.25) is 0 Å². The molecule has 1 aliphatic heterocycles. The van der Waals surface area contributed by atoms with Gasteiger partial charge >= 0.3 is 0 Å². The molecule has 0 N–H and O–H groups in total. The first kappa shape index (κ1) is 17.8. The van der Waals surface area contributed by atoms with Gasteiger partial charge in [0.15, 0.2) is 5.78 Å². The summed E-state index contributed by atoms with van der Waals surface area (Å²) < 4.78 is 18.8. The maximum Gasteiger partial charge on any atom is 0.198 e. The summed E-state index contributed by atoms with van der Waals surface area (Å²) in [5, 5.41) is 1.45. The van der Waals surface area contributed by atoms with E-state index in [4.69, 9.17) is 4.74 Å². The molecular formula is C23H21O3P. The predicted molar refractivity (Wildman–Crippen MR) is 111 cm³/mol. The largest absolute Gasteiger partial charge is 0.496 e. The van der Waals surface area contributed by atoms with Crippen LogP contribution in [0.1, 0.15) is 32.6 Å². The lowest BCUT2D eigenvalue weighted by Gasteiger charge is -2.16. The summed E-state index contributed by atoms with van der Waals surface area (Å²) in [5.74, 6) is 0.356. The molecule has 0 amide bonds. The summed E-state index contributed by atoms with van der Waals surface area (Å²) in [7, 11) is -0.720. The van der Waals surface area contributed by atoms with Crippen LogP contribution in [0.15, 0.2) is 48.5 Å². The fourth-order valence-corrected chi connectivity index (χ4v) is 6.06. The van der Waals surface area contributed by atoms with Gasteiger partial charge in [0.1, 0.15) is 13.6 Å². The van der Waals surface area contributed by atoms with Crippen LogP contribution in [-0.4, -0.2) is 12.9 Å². The highest BCUT2D eigenvalue weighted by Crippen LogP contribution is 2.42. The maximum atomic E-state index is 13.6. The average Bonchev–Trinajstić information content (AvgIpc) is 2.93. The molecule has 136 valence electrons. The summed E-state index contributed by atoms with van der Waals surface area (Å²) in [4.78, 5) is 13.6. The van der Waals surface area contributed by atoms with E-state index in [1.165, 1.54) is 0 Å². The van der Waals surface area contributed by atoms with E-state index >= 15 is 0 Å². The van der Waals surface area contributed by atoms with E-state index in [0.29, 0.717) is 22.2 Å². The molecule has 4 rings (SSSR count). The summed E-state index contributed by atoms with van der Waals surface area (Å²) in [5.41, 5.74) is 5.89. The van der Waals surface area contributed by atoms with E-state index < -0.39 is 7.80 Å². The van der Waals surface area contributed by atoms with Crippen molar-refractivity contribution in [1.29, 1.82) is 0 Å². The van der Waals surface area contributed by atoms with E-state index in [9.17, 15) is 9.36 Å². The molecule has 0 aromatic heterocycles. The van der Waals surface area contributed by atoms with Crippen molar-refractivity contribution in [3.63, 3.8) is 0 Å². The quantitative estimate of drug-likeness (QED) is 0.395. The van der Waals surface area contributed by atoms with Gasteiger partial charge in [0.05, 0.1) is 12.7 Å². The van der Waals surface area contributed by atoms with Crippen molar-refractivity contribution in [1.82, 2.24) is 0 Å². The highest BCUT2D eigenvalue weighted by Gasteiger charge is 2.33. The molecule has 3 nitrogen and oxygen atoms in total. The molecule has 27 heavy (non-hydrogen) atoms. The fourth-order valence-electron chi connectivity index (χ4n) is 4.15. The Bertz CT molecular complexity index is 1110. The number of hydrogen-bond acceptors (Lipinski definition) is 3. The van der Waals surface area contributed by atoms with Crippen LogP contribution in [-0.2, 0) is 4.57 Å². The van der Waals surface area contributed by atoms with Crippen molar-refractivity contribution in [3.8, 4) is 16.9 Å². The van der Waals surface area contributed by atoms with Gasteiger partial charge in [-0.05, 0) is 55.2 Å². The van der Waals surface area contributed by atoms with Crippen molar-refractivity contribution in [2.24, 2.45) is 0 Å². The topological polar surface area (TPSA) is 43.4 Å². The number of aryl methyl sites for hydroxylation is 3. The Labute approximate surface area is 159 Å². The molecule has 0 saturated heterocycles. The van der Waals surface area contributed by atoms with Crippen LogP contribution < -0.4 is 15.3 Å². The Morgan fingerprint density at radius 3 is 2.22 bits per heavy atom. The number of carbonyl (C=O) groups is 1. The smallest absolute Gasteiger partial charge is 0.198 e. The van der Waals surface area contributed by atoms with Crippen molar-refractivity contribution < 1.29 is 14.1 Å². The third-order valence-corrected chi connectivity index (χ3v) is 7.11. The van der Waals surface area contributed by atoms with Crippen LogP contribution in [0.4, 0.5) is 0 Å². The van der Waals surface area contributed by atoms with Crippen LogP contribution in [0.5, 0.6) is 5.75 Å². The first-order valence-corrected chi connectivity index (χ1v) is 10.3. The van der Waals surface area contributed by atoms with Crippen LogP contribution >= 0.6 is 7.80 Å². The number of fused-ring (bicyclic) bond motifs is 3. The van der Waals surface area contributed by atoms with E-state index in [-0.39, 0.29) is 5.78 Å². The standard InChI is InChI=1S/C23H21O3P/c1-13-11-14(2)20(15(3)12-13)22(24)21-18(26-4)10-9-17-16-7-5-6-8-19(16)27(25)23(17)21/h5-12,27H,1-4H3. The first-order valence-electron chi connectivity index (χ1n) is 8.91. The van der Waals surface area contributed by atoms with Crippen molar-refractivity contribution in [3.05, 3.63) is 76.3 Å². The zero-order valence-corrected chi connectivity index (χ0v) is 16.8. The van der Waals surface area contributed by atoms with Crippen LogP contribution in [0.3, 0.4) is 0 Å². The average molecular weight is 376 g/mol. The summed E-state index contributed by atoms with van der Waals surface area (Å²) in [6, 6.07) is 15.4. The Morgan fingerprint density at radius 1 is 0.889 bits per heavy atom. The number of rotatable bonds is 3. The van der Waals surface area contributed by atoms with Gasteiger partial charge in [-0.2, -0.15) is 0 Å². The molecular weight excluding hydrogens is 355 g/mol. The number of ketones is 1. The molecule has 1 atom stereocenters. The minimum atomic E-state index is -2.27. The minimum Gasteiger partial charge on any atom is -0.496 e. The molecule has 1 heterocycles. The van der Waals surface area contributed by atoms with E-state index in [1.54, 1.807) is 7.11 Å². The molecule has 3 aromatic carbocycles. The maximum absolute atomic E-state index is 13.6. The highest BCUT2D eigenvalue weighted by molar-refractivity contribution is 7.63. The Kier molecular flexibility index (Phi) is 4.28. The normalized spacial score (nSPS) is 14.6. The van der Waals surface area contributed by atoms with Crippen molar-refractivity contribution in [2.75, 3.05) is 7.11 Å². The Morgan fingerprint density at radius 2 is 1.56 bits per heavy atom. The number of ether oxygens (including phenoxy) is 1. The number of methoxy groups -OCH3 is 1. The van der Waals surface area contributed by atoms with Gasteiger partial charge in [0.25, 0.3) is 0 Å². The molecule has 1 unspecified atom stereocenters. The zero-order valence-electron chi connectivity index (χ0n) is 15.8. The molecule has 0 bridgehead atoms. The second-order valence-corrected chi connectivity index (χ2v) is 8.74. The lowest BCUT2D eigenvalue weighted by atomic mass is 9.91. The predicted octanol–water partition coefficient (Wildman–Crippen LogP) is 4.34. The molecule has 3 aromatic rings. The van der Waals surface area contributed by atoms with E-state index in [1.807, 2.05) is 69.3 Å². The lowest BCUT2D eigenvalue weighted by molar-refractivity contribution is 0.103. The second-order valence-electron chi connectivity index (χ2n) is 7.04. The van der Waals surface area contributed by atoms with Crippen molar-refractivity contribution >= 4 is 24.2 Å². The first-order chi connectivity index (χ1) is 12.9. The van der Waals surface area contributed by atoms with Gasteiger partial charge in [0, 0.05) is 16.2 Å². The summed E-state index contributed by atoms with van der Waals surface area (Å²) in [6.45, 7) is 5.91. The Hall–Kier alpha value is -2.64. The van der Waals surface area contributed by atoms with Gasteiger partial charge in [-0.3, -0.25) is 4.79 Å². The Balaban J connectivity index is 2.00. The summed E-state index contributed by atoms with van der Waals surface area (Å²) >= 11 is 0. The minimum absolute atomic E-state index is 0.121. The molecule has 0 spiro atoms. The lowest BCUT2D eigenvalue weighted by Crippen LogP contribution is -2.18. The van der Waals surface area contributed by atoms with E-state index in [2.05, 4.69) is 0 Å². The SMILES string of the molecule is COc1ccc2c(c1C(=O)c1c(C)cc(C)cc1C)[PH](=O)c1ccccc1-2. The monoisotopic (exact) mass is 376 g/mol. The van der Waals surface area contributed by atoms with Gasteiger partial charge in [-0.25, -0.2) is 0 Å². The molecule has 0 aliphatic carbocycles. The number of hydrogen-bond donors (Lipinski definition) is 0. The number of benzene rings is 3. The van der Waals surface area contributed by atoms with Crippen molar-refractivity contribution in [2.45, 2.75) is 20.8 Å². The van der Waals surface area contributed by atoms with E-state index in [0.717, 1.165) is 33.1 Å². The molecule has 0 radical (unpaired) electrons. The zero-order chi connectivity index (χ0) is 19.3. The molecule has 4 heteroatoms. The number of carbonyl (C=O) groups excluding carboxylic acids is 1. The van der Waals surface area contributed by atoms with Gasteiger partial charge in [-0.1, -0.05) is 42.0 Å². The van der Waals surface area contributed by atoms with Crippen LogP contribution in [0, 0.1) is 20.8 Å². The summed E-state index contributed by atoms with van der Waals surface area (Å²) in [6.07, 6.45) is 0. The third kappa shape index (κ3) is 2.65. The second kappa shape index (κ2) is 6.51. The fraction of sp³-hybridized carbons (Fsp3) is 0.174. The van der Waals surface area contributed by atoms with Crippen LogP contribution in [0.25, 0.3) is 11.1 Å². The molecule has 0 fully saturated rings.